The predicted octanol–water partition coefficient (Wildman–Crippen LogP) is 2.84. The molecule has 0 bridgehead atoms. The second-order valence-corrected chi connectivity index (χ2v) is 10.5. The van der Waals surface area contributed by atoms with Crippen molar-refractivity contribution in [1.82, 2.24) is 0 Å². The molecule has 0 nitrogen and oxygen atoms in total. The molecule has 0 unspecified atom stereocenters. The van der Waals surface area contributed by atoms with E-state index in [4.69, 9.17) is 11.6 Å². The van der Waals surface area contributed by atoms with Gasteiger partial charge in [-0.25, -0.2) is 0 Å². The van der Waals surface area contributed by atoms with Crippen LogP contribution in [0.1, 0.15) is 5.56 Å². The lowest BCUT2D eigenvalue weighted by Crippen LogP contribution is -3.00. The second-order valence-electron chi connectivity index (χ2n) is 6.60. The highest BCUT2D eigenvalue weighted by Crippen LogP contribution is 2.58. The molecule has 0 amide bonds. The lowest BCUT2D eigenvalue weighted by molar-refractivity contribution is -0.00000514. The zero-order chi connectivity index (χ0) is 18.5. The van der Waals surface area contributed by atoms with Crippen molar-refractivity contribution in [3.63, 3.8) is 0 Å². The summed E-state index contributed by atoms with van der Waals surface area (Å²) in [7, 11) is -1.83. The minimum atomic E-state index is -1.83. The smallest absolute Gasteiger partial charge is 0.116 e. The first-order valence-corrected chi connectivity index (χ1v) is 11.4. The quantitative estimate of drug-likeness (QED) is 0.433. The van der Waals surface area contributed by atoms with Crippen LogP contribution in [-0.2, 0) is 6.16 Å². The number of benzene rings is 4. The summed E-state index contributed by atoms with van der Waals surface area (Å²) >= 11 is 6.14. The maximum atomic E-state index is 6.14. The van der Waals surface area contributed by atoms with Crippen molar-refractivity contribution in [3.05, 3.63) is 126 Å². The summed E-state index contributed by atoms with van der Waals surface area (Å²) < 4.78 is 0. The average molecular weight is 423 g/mol. The van der Waals surface area contributed by atoms with Crippen molar-refractivity contribution in [1.29, 1.82) is 0 Å². The third-order valence-electron chi connectivity index (χ3n) is 4.92. The minimum Gasteiger partial charge on any atom is -1.00 e. The van der Waals surface area contributed by atoms with Gasteiger partial charge in [0.05, 0.1) is 6.16 Å². The largest absolute Gasteiger partial charge is 1.00 e. The first-order chi connectivity index (χ1) is 13.3. The zero-order valence-electron chi connectivity index (χ0n) is 15.4. The van der Waals surface area contributed by atoms with Gasteiger partial charge in [0.25, 0.3) is 0 Å². The third kappa shape index (κ3) is 4.15. The van der Waals surface area contributed by atoms with Crippen LogP contribution in [0.2, 0.25) is 5.02 Å². The van der Waals surface area contributed by atoms with Crippen molar-refractivity contribution in [2.75, 3.05) is 0 Å². The van der Waals surface area contributed by atoms with Crippen LogP contribution in [0.3, 0.4) is 0 Å². The first kappa shape index (κ1) is 20.6. The molecule has 0 aliphatic rings. The Bertz CT molecular complexity index is 888. The lowest BCUT2D eigenvalue weighted by atomic mass is 10.2. The first-order valence-electron chi connectivity index (χ1n) is 9.08. The molecule has 28 heavy (non-hydrogen) atoms. The summed E-state index contributed by atoms with van der Waals surface area (Å²) in [5.41, 5.74) is 1.31. The SMILES string of the molecule is Clc1ccc(C[P+](c2ccccc2)(c2ccccc2)c2ccccc2)cc1.[Cl-]. The Morgan fingerprint density at radius 1 is 0.500 bits per heavy atom. The van der Waals surface area contributed by atoms with Crippen LogP contribution in [-0.4, -0.2) is 0 Å². The number of hydrogen-bond acceptors (Lipinski definition) is 0. The van der Waals surface area contributed by atoms with Crippen molar-refractivity contribution >= 4 is 34.8 Å². The molecule has 0 fully saturated rings. The highest BCUT2D eigenvalue weighted by atomic mass is 35.5. The molecule has 0 aliphatic carbocycles. The van der Waals surface area contributed by atoms with Crippen LogP contribution in [0.25, 0.3) is 0 Å². The van der Waals surface area contributed by atoms with E-state index >= 15 is 0 Å². The van der Waals surface area contributed by atoms with Gasteiger partial charge in [0.1, 0.15) is 23.2 Å². The molecule has 0 heterocycles. The van der Waals surface area contributed by atoms with E-state index in [9.17, 15) is 0 Å². The van der Waals surface area contributed by atoms with Crippen molar-refractivity contribution in [2.24, 2.45) is 0 Å². The standard InChI is InChI=1S/C25H21ClP.ClH/c26-22-18-16-21(17-19-22)20-27(23-10-4-1-5-11-23,24-12-6-2-7-13-24)25-14-8-3-9-15-25;/h1-19H,20H2;1H/q+1;/p-1. The Labute approximate surface area is 179 Å². The molecule has 3 heteroatoms. The van der Waals surface area contributed by atoms with Gasteiger partial charge in [-0.1, -0.05) is 78.3 Å². The topological polar surface area (TPSA) is 0 Å². The summed E-state index contributed by atoms with van der Waals surface area (Å²) in [4.78, 5) is 0. The molecule has 0 spiro atoms. The molecule has 140 valence electrons. The molecule has 0 aliphatic heterocycles. The Morgan fingerprint density at radius 2 is 0.857 bits per heavy atom. The van der Waals surface area contributed by atoms with Gasteiger partial charge in [-0.2, -0.15) is 0 Å². The number of rotatable bonds is 5. The highest BCUT2D eigenvalue weighted by Gasteiger charge is 2.45. The fourth-order valence-corrected chi connectivity index (χ4v) is 8.00. The Kier molecular flexibility index (Phi) is 6.92. The maximum Gasteiger partial charge on any atom is 0.116 e. The summed E-state index contributed by atoms with van der Waals surface area (Å²) in [6.07, 6.45) is 0.974. The predicted molar refractivity (Wildman–Crippen MR) is 120 cm³/mol. The molecule has 4 rings (SSSR count). The Balaban J connectivity index is 0.00000225. The third-order valence-corrected chi connectivity index (χ3v) is 9.55. The molecule has 4 aromatic carbocycles. The average Bonchev–Trinajstić information content (AvgIpc) is 2.75. The second kappa shape index (κ2) is 9.39. The summed E-state index contributed by atoms with van der Waals surface area (Å²) in [6.45, 7) is 0. The Morgan fingerprint density at radius 3 is 1.21 bits per heavy atom. The van der Waals surface area contributed by atoms with E-state index in [0.29, 0.717) is 0 Å². The summed E-state index contributed by atoms with van der Waals surface area (Å²) in [5.74, 6) is 0. The molecule has 4 aromatic rings. The molecule has 0 N–H and O–H groups in total. The molecule has 0 radical (unpaired) electrons. The molecule has 0 aromatic heterocycles. The van der Waals surface area contributed by atoms with Gasteiger partial charge in [0, 0.05) is 5.02 Å². The van der Waals surface area contributed by atoms with Crippen molar-refractivity contribution < 1.29 is 12.4 Å². The summed E-state index contributed by atoms with van der Waals surface area (Å²) in [5, 5.41) is 4.98. The van der Waals surface area contributed by atoms with Crippen LogP contribution >= 0.6 is 18.9 Å². The minimum absolute atomic E-state index is 0. The monoisotopic (exact) mass is 422 g/mol. The van der Waals surface area contributed by atoms with Gasteiger partial charge in [0.15, 0.2) is 0 Å². The molecule has 0 saturated heterocycles. The van der Waals surface area contributed by atoms with E-state index in [1.807, 2.05) is 12.1 Å². The number of halogens is 2. The zero-order valence-corrected chi connectivity index (χ0v) is 17.8. The van der Waals surface area contributed by atoms with E-state index in [1.165, 1.54) is 21.5 Å². The normalized spacial score (nSPS) is 10.9. The van der Waals surface area contributed by atoms with Gasteiger partial charge in [0.2, 0.25) is 0 Å². The molecular formula is C25H21Cl2P. The van der Waals surface area contributed by atoms with Gasteiger partial charge >= 0.3 is 0 Å². The van der Waals surface area contributed by atoms with Crippen LogP contribution in [0.5, 0.6) is 0 Å². The van der Waals surface area contributed by atoms with E-state index < -0.39 is 7.26 Å². The lowest BCUT2D eigenvalue weighted by Gasteiger charge is -2.27. The number of hydrogen-bond donors (Lipinski definition) is 0. The van der Waals surface area contributed by atoms with Gasteiger partial charge < -0.3 is 12.4 Å². The Hall–Kier alpha value is -2.11. The maximum absolute atomic E-state index is 6.14. The van der Waals surface area contributed by atoms with Gasteiger partial charge in [-0.05, 0) is 54.1 Å². The fourth-order valence-electron chi connectivity index (χ4n) is 3.63. The van der Waals surface area contributed by atoms with E-state index in [2.05, 4.69) is 103 Å². The van der Waals surface area contributed by atoms with E-state index in [-0.39, 0.29) is 12.4 Å². The fraction of sp³-hybridized carbons (Fsp3) is 0.0400. The van der Waals surface area contributed by atoms with Crippen LogP contribution in [0, 0.1) is 0 Å². The highest BCUT2D eigenvalue weighted by molar-refractivity contribution is 7.95. The molecular weight excluding hydrogens is 402 g/mol. The van der Waals surface area contributed by atoms with Crippen molar-refractivity contribution in [3.8, 4) is 0 Å². The van der Waals surface area contributed by atoms with Gasteiger partial charge in [-0.3, -0.25) is 0 Å². The molecule has 0 saturated carbocycles. The molecule has 0 atom stereocenters. The van der Waals surface area contributed by atoms with Crippen molar-refractivity contribution in [2.45, 2.75) is 6.16 Å². The van der Waals surface area contributed by atoms with Crippen LogP contribution in [0.4, 0.5) is 0 Å². The van der Waals surface area contributed by atoms with Gasteiger partial charge in [-0.15, -0.1) is 0 Å². The van der Waals surface area contributed by atoms with Crippen LogP contribution in [0.15, 0.2) is 115 Å². The van der Waals surface area contributed by atoms with Crippen LogP contribution < -0.4 is 28.3 Å². The summed E-state index contributed by atoms with van der Waals surface area (Å²) in [6, 6.07) is 41.2. The van der Waals surface area contributed by atoms with E-state index in [0.717, 1.165) is 11.2 Å². The van der Waals surface area contributed by atoms with E-state index in [1.54, 1.807) is 0 Å².